The third-order valence-electron chi connectivity index (χ3n) is 5.24. The minimum absolute atomic E-state index is 0.0410. The summed E-state index contributed by atoms with van der Waals surface area (Å²) < 4.78 is 70.5. The van der Waals surface area contributed by atoms with E-state index in [0.29, 0.717) is 16.3 Å². The van der Waals surface area contributed by atoms with Crippen molar-refractivity contribution in [2.24, 2.45) is 5.73 Å². The van der Waals surface area contributed by atoms with Crippen LogP contribution in [0, 0.1) is 6.92 Å². The number of anilines is 3. The van der Waals surface area contributed by atoms with Crippen molar-refractivity contribution < 1.29 is 31.1 Å². The molecule has 0 fully saturated rings. The first-order valence-corrected chi connectivity index (χ1v) is 13.4. The van der Waals surface area contributed by atoms with Gasteiger partial charge in [-0.25, -0.2) is 13.4 Å². The number of carbonyl (C=O) groups excluding carboxylic acids is 1. The number of aromatic nitrogens is 4. The Kier molecular flexibility index (Phi) is 8.16. The van der Waals surface area contributed by atoms with E-state index in [1.165, 1.54) is 30.6 Å². The summed E-state index contributed by atoms with van der Waals surface area (Å²) in [4.78, 5) is 20.6. The Morgan fingerprint density at radius 3 is 2.48 bits per heavy atom. The molecule has 40 heavy (non-hydrogen) atoms. The summed E-state index contributed by atoms with van der Waals surface area (Å²) in [6, 6.07) is 10.4. The first-order chi connectivity index (χ1) is 18.8. The maximum atomic E-state index is 12.8. The summed E-state index contributed by atoms with van der Waals surface area (Å²) in [5.41, 5.74) is 7.02. The molecule has 2 aromatic carbocycles. The Morgan fingerprint density at radius 1 is 1.12 bits per heavy atom. The number of carbonyl (C=O) groups is 1. The molecular formula is C24H21ClF3N7O4S. The minimum atomic E-state index is -4.96. The molecule has 0 atom stereocenters. The fourth-order valence-electron chi connectivity index (χ4n) is 3.50. The van der Waals surface area contributed by atoms with Crippen molar-refractivity contribution in [1.29, 1.82) is 0 Å². The van der Waals surface area contributed by atoms with Crippen molar-refractivity contribution in [2.75, 3.05) is 15.8 Å². The average Bonchev–Trinajstić information content (AvgIpc) is 3.28. The van der Waals surface area contributed by atoms with Crippen LogP contribution in [0.4, 0.5) is 30.5 Å². The summed E-state index contributed by atoms with van der Waals surface area (Å²) in [5, 5.41) is 10.1. The van der Waals surface area contributed by atoms with E-state index in [9.17, 15) is 26.4 Å². The zero-order valence-electron chi connectivity index (χ0n) is 20.6. The highest BCUT2D eigenvalue weighted by Crippen LogP contribution is 2.35. The molecule has 0 unspecified atom stereocenters. The van der Waals surface area contributed by atoms with Crippen LogP contribution in [0.1, 0.15) is 21.6 Å². The highest BCUT2D eigenvalue weighted by molar-refractivity contribution is 7.92. The number of alkyl halides is 3. The molecule has 0 radical (unpaired) electrons. The van der Waals surface area contributed by atoms with Crippen LogP contribution in [-0.4, -0.2) is 46.4 Å². The molecule has 0 saturated heterocycles. The van der Waals surface area contributed by atoms with Crippen LogP contribution in [0.25, 0.3) is 11.3 Å². The van der Waals surface area contributed by atoms with Crippen molar-refractivity contribution in [1.82, 2.24) is 20.2 Å². The van der Waals surface area contributed by atoms with Gasteiger partial charge in [-0.2, -0.15) is 18.3 Å². The zero-order valence-corrected chi connectivity index (χ0v) is 22.2. The molecule has 0 bridgehead atoms. The van der Waals surface area contributed by atoms with Gasteiger partial charge in [0.15, 0.2) is 11.6 Å². The zero-order chi connectivity index (χ0) is 29.1. The number of benzene rings is 2. The maximum absolute atomic E-state index is 12.8. The summed E-state index contributed by atoms with van der Waals surface area (Å²) >= 11 is 5.90. The van der Waals surface area contributed by atoms with Gasteiger partial charge in [0, 0.05) is 10.6 Å². The molecule has 16 heteroatoms. The molecule has 0 saturated carbocycles. The lowest BCUT2D eigenvalue weighted by atomic mass is 10.1. The van der Waals surface area contributed by atoms with E-state index in [2.05, 4.69) is 25.5 Å². The molecule has 0 aliphatic rings. The third-order valence-corrected chi connectivity index (χ3v) is 6.73. The smallest absolute Gasteiger partial charge is 0.404 e. The summed E-state index contributed by atoms with van der Waals surface area (Å²) in [7, 11) is -4.83. The molecule has 4 aromatic rings. The van der Waals surface area contributed by atoms with Crippen LogP contribution in [0.5, 0.6) is 5.75 Å². The molecule has 2 heterocycles. The van der Waals surface area contributed by atoms with Gasteiger partial charge in [0.25, 0.3) is 5.91 Å². The number of halogens is 4. The number of hydrogen-bond acceptors (Lipinski definition) is 8. The molecule has 210 valence electrons. The van der Waals surface area contributed by atoms with Crippen molar-refractivity contribution in [3.63, 3.8) is 0 Å². The predicted molar refractivity (Wildman–Crippen MR) is 142 cm³/mol. The first-order valence-electron chi connectivity index (χ1n) is 11.3. The van der Waals surface area contributed by atoms with E-state index >= 15 is 0 Å². The third kappa shape index (κ3) is 7.39. The number of ether oxygens (including phenoxy) is 1. The Balaban J connectivity index is 1.71. The predicted octanol–water partition coefficient (Wildman–Crippen LogP) is 4.55. The molecule has 0 spiro atoms. The number of sulfonamides is 1. The van der Waals surface area contributed by atoms with E-state index in [4.69, 9.17) is 22.1 Å². The van der Waals surface area contributed by atoms with Gasteiger partial charge in [-0.3, -0.25) is 19.6 Å². The number of nitrogens with two attached hydrogens (primary N) is 1. The van der Waals surface area contributed by atoms with E-state index in [-0.39, 0.29) is 46.5 Å². The lowest BCUT2D eigenvalue weighted by Crippen LogP contribution is -2.28. The van der Waals surface area contributed by atoms with Crippen molar-refractivity contribution in [2.45, 2.75) is 19.7 Å². The second kappa shape index (κ2) is 11.4. The fraction of sp³-hybridized carbons (Fsp3) is 0.167. The van der Waals surface area contributed by atoms with Crippen molar-refractivity contribution >= 4 is 44.9 Å². The topological polar surface area (TPSA) is 165 Å². The minimum Gasteiger partial charge on any atom is -0.487 e. The van der Waals surface area contributed by atoms with E-state index in [1.807, 2.05) is 4.72 Å². The normalized spacial score (nSPS) is 11.7. The Hall–Kier alpha value is -4.37. The molecule has 11 nitrogen and oxygen atoms in total. The number of amides is 1. The molecule has 0 aliphatic heterocycles. The summed E-state index contributed by atoms with van der Waals surface area (Å²) in [5.74, 6) is -2.75. The molecular weight excluding hydrogens is 575 g/mol. The van der Waals surface area contributed by atoms with Crippen LogP contribution in [0.3, 0.4) is 0 Å². The van der Waals surface area contributed by atoms with Gasteiger partial charge in [0.1, 0.15) is 23.7 Å². The number of nitrogens with zero attached hydrogens (tertiary/aromatic N) is 3. The van der Waals surface area contributed by atoms with Gasteiger partial charge in [0.2, 0.25) is 10.0 Å². The van der Waals surface area contributed by atoms with Gasteiger partial charge in [0.05, 0.1) is 29.5 Å². The van der Waals surface area contributed by atoms with Gasteiger partial charge in [-0.1, -0.05) is 29.8 Å². The second-order valence-corrected chi connectivity index (χ2v) is 10.6. The van der Waals surface area contributed by atoms with Crippen molar-refractivity contribution in [3.05, 3.63) is 76.7 Å². The van der Waals surface area contributed by atoms with Gasteiger partial charge < -0.3 is 15.8 Å². The molecule has 0 aliphatic carbocycles. The largest absolute Gasteiger partial charge is 0.487 e. The number of primary amides is 1. The Bertz CT molecular complexity index is 1630. The van der Waals surface area contributed by atoms with E-state index in [0.717, 1.165) is 0 Å². The lowest BCUT2D eigenvalue weighted by molar-refractivity contribution is -0.106. The van der Waals surface area contributed by atoms with Crippen LogP contribution >= 0.6 is 11.6 Å². The first kappa shape index (κ1) is 28.6. The Morgan fingerprint density at radius 2 is 1.85 bits per heavy atom. The van der Waals surface area contributed by atoms with Crippen molar-refractivity contribution in [3.8, 4) is 17.0 Å². The standard InChI is InChI=1S/C24H21ClF3N7O4S/c1-13-9-31-19(10-30-13)32-23-20(22(29)36)21(33-34-23)15-4-7-17(35-40(37,38)12-24(26,27)28)18(8-15)39-11-14-2-5-16(25)6-3-14/h2-10,35H,11-12H2,1H3,(H2,29,36)(H2,31,32,33,34). The number of rotatable bonds is 10. The van der Waals surface area contributed by atoms with E-state index in [1.54, 1.807) is 31.2 Å². The maximum Gasteiger partial charge on any atom is 0.404 e. The monoisotopic (exact) mass is 595 g/mol. The molecule has 5 N–H and O–H groups in total. The van der Waals surface area contributed by atoms with Gasteiger partial charge >= 0.3 is 6.18 Å². The van der Waals surface area contributed by atoms with Gasteiger partial charge in [-0.05, 0) is 36.8 Å². The highest BCUT2D eigenvalue weighted by Gasteiger charge is 2.35. The number of H-pyrrole nitrogens is 1. The molecule has 1 amide bonds. The van der Waals surface area contributed by atoms with Crippen LogP contribution in [-0.2, 0) is 16.6 Å². The Labute approximate surface area is 231 Å². The van der Waals surface area contributed by atoms with E-state index < -0.39 is 27.9 Å². The highest BCUT2D eigenvalue weighted by atomic mass is 35.5. The molecule has 4 rings (SSSR count). The number of hydrogen-bond donors (Lipinski definition) is 4. The summed E-state index contributed by atoms with van der Waals surface area (Å²) in [6.07, 6.45) is -2.03. The SMILES string of the molecule is Cc1cnc(Nc2n[nH]c(-c3ccc(NS(=O)(=O)CC(F)(F)F)c(OCc4ccc(Cl)cc4)c3)c2C(N)=O)cn1. The number of aryl methyl sites for hydroxylation is 1. The van der Waals surface area contributed by atoms with Gasteiger partial charge in [-0.15, -0.1) is 0 Å². The van der Waals surface area contributed by atoms with Crippen LogP contribution in [0.15, 0.2) is 54.9 Å². The summed E-state index contributed by atoms with van der Waals surface area (Å²) in [6.45, 7) is 1.66. The number of nitrogens with one attached hydrogen (secondary N) is 3. The van der Waals surface area contributed by atoms with Crippen LogP contribution in [0.2, 0.25) is 5.02 Å². The quantitative estimate of drug-likeness (QED) is 0.207. The fourth-order valence-corrected chi connectivity index (χ4v) is 4.63. The van der Waals surface area contributed by atoms with Crippen LogP contribution < -0.4 is 20.5 Å². The second-order valence-electron chi connectivity index (χ2n) is 8.46. The average molecular weight is 596 g/mol. The lowest BCUT2D eigenvalue weighted by Gasteiger charge is -2.16. The molecule has 2 aromatic heterocycles. The number of aromatic amines is 1.